The van der Waals surface area contributed by atoms with E-state index in [2.05, 4.69) is 20.1 Å². The van der Waals surface area contributed by atoms with Crippen LogP contribution in [0.4, 0.5) is 5.13 Å². The highest BCUT2D eigenvalue weighted by atomic mass is 35.5. The zero-order valence-corrected chi connectivity index (χ0v) is 11.1. The number of anilines is 1. The molecule has 0 saturated carbocycles. The van der Waals surface area contributed by atoms with E-state index < -0.39 is 0 Å². The molecule has 0 unspecified atom stereocenters. The van der Waals surface area contributed by atoms with Crippen LogP contribution in [0.5, 0.6) is 5.75 Å². The molecule has 0 saturated heterocycles. The lowest BCUT2D eigenvalue weighted by molar-refractivity contribution is -0.118. The Labute approximate surface area is 116 Å². The van der Waals surface area contributed by atoms with Gasteiger partial charge in [-0.25, -0.2) is 0 Å². The summed E-state index contributed by atoms with van der Waals surface area (Å²) in [5.41, 5.74) is 0. The fraction of sp³-hybridized carbons (Fsp3) is 0.111. The maximum atomic E-state index is 11.5. The van der Waals surface area contributed by atoms with E-state index in [9.17, 15) is 4.79 Å². The van der Waals surface area contributed by atoms with Crippen molar-refractivity contribution in [3.63, 3.8) is 0 Å². The molecule has 1 aromatic heterocycles. The van der Waals surface area contributed by atoms with E-state index in [1.165, 1.54) is 6.07 Å². The first kappa shape index (κ1) is 13.0. The van der Waals surface area contributed by atoms with Crippen LogP contribution in [0.1, 0.15) is 0 Å². The number of rotatable bonds is 4. The van der Waals surface area contributed by atoms with Gasteiger partial charge in [-0.15, -0.1) is 0 Å². The van der Waals surface area contributed by atoms with Crippen molar-refractivity contribution in [2.24, 2.45) is 0 Å². The smallest absolute Gasteiger partial charge is 0.264 e. The predicted octanol–water partition coefficient (Wildman–Crippen LogP) is 2.26. The minimum Gasteiger partial charge on any atom is -0.482 e. The van der Waals surface area contributed by atoms with Crippen LogP contribution in [0.15, 0.2) is 18.2 Å². The van der Waals surface area contributed by atoms with E-state index in [1.807, 2.05) is 0 Å². The molecular weight excluding hydrogens is 299 g/mol. The highest BCUT2D eigenvalue weighted by Crippen LogP contribution is 2.27. The van der Waals surface area contributed by atoms with Gasteiger partial charge in [0, 0.05) is 16.6 Å². The quantitative estimate of drug-likeness (QED) is 0.937. The van der Waals surface area contributed by atoms with Gasteiger partial charge in [0.1, 0.15) is 5.75 Å². The third kappa shape index (κ3) is 3.52. The molecule has 6 nitrogen and oxygen atoms in total. The van der Waals surface area contributed by atoms with Gasteiger partial charge in [-0.05, 0) is 23.4 Å². The number of ether oxygens (including phenoxy) is 1. The first-order valence-corrected chi connectivity index (χ1v) is 6.21. The molecule has 18 heavy (non-hydrogen) atoms. The van der Waals surface area contributed by atoms with Crippen molar-refractivity contribution in [2.45, 2.75) is 0 Å². The lowest BCUT2D eigenvalue weighted by atomic mass is 10.3. The molecule has 0 radical (unpaired) electrons. The molecule has 9 heteroatoms. The molecule has 1 aromatic carbocycles. The van der Waals surface area contributed by atoms with Crippen molar-refractivity contribution in [1.82, 2.24) is 14.8 Å². The summed E-state index contributed by atoms with van der Waals surface area (Å²) >= 11 is 12.6. The van der Waals surface area contributed by atoms with Crippen LogP contribution in [-0.4, -0.2) is 27.3 Å². The maximum absolute atomic E-state index is 11.5. The largest absolute Gasteiger partial charge is 0.482 e. The Morgan fingerprint density at radius 1 is 1.44 bits per heavy atom. The Bertz CT molecular complexity index is 550. The van der Waals surface area contributed by atoms with Crippen LogP contribution in [0.25, 0.3) is 0 Å². The molecule has 0 aliphatic carbocycles. The van der Waals surface area contributed by atoms with Crippen molar-refractivity contribution in [1.29, 1.82) is 0 Å². The number of hydrogen-bond donors (Lipinski definition) is 1. The second kappa shape index (κ2) is 5.94. The summed E-state index contributed by atoms with van der Waals surface area (Å²) < 4.78 is 8.74. The molecular formula is C9H6Cl2N4O2S. The average molecular weight is 305 g/mol. The molecule has 2 aromatic rings. The number of hydrogen-bond acceptors (Lipinski definition) is 6. The number of benzene rings is 1. The third-order valence-electron chi connectivity index (χ3n) is 1.80. The van der Waals surface area contributed by atoms with E-state index >= 15 is 0 Å². The third-order valence-corrected chi connectivity index (χ3v) is 2.84. The SMILES string of the molecule is O=C(COc1ccc(Cl)cc1Cl)Nc1nnns1. The number of carbonyl (C=O) groups is 1. The maximum Gasteiger partial charge on any atom is 0.264 e. The second-order valence-corrected chi connectivity index (χ2v) is 4.66. The molecule has 94 valence electrons. The van der Waals surface area contributed by atoms with Gasteiger partial charge >= 0.3 is 0 Å². The monoisotopic (exact) mass is 304 g/mol. The number of amides is 1. The Morgan fingerprint density at radius 3 is 2.94 bits per heavy atom. The fourth-order valence-electron chi connectivity index (χ4n) is 1.07. The highest BCUT2D eigenvalue weighted by molar-refractivity contribution is 7.09. The molecule has 0 bridgehead atoms. The van der Waals surface area contributed by atoms with Gasteiger partial charge in [0.05, 0.1) is 5.02 Å². The molecule has 0 fully saturated rings. The molecule has 1 N–H and O–H groups in total. The summed E-state index contributed by atoms with van der Waals surface area (Å²) in [5.74, 6) is 0.00571. The van der Waals surface area contributed by atoms with Crippen LogP contribution in [-0.2, 0) is 4.79 Å². The topological polar surface area (TPSA) is 77.0 Å². The van der Waals surface area contributed by atoms with Crippen molar-refractivity contribution in [2.75, 3.05) is 11.9 Å². The van der Waals surface area contributed by atoms with Crippen molar-refractivity contribution < 1.29 is 9.53 Å². The van der Waals surface area contributed by atoms with Gasteiger partial charge in [-0.1, -0.05) is 32.8 Å². The van der Waals surface area contributed by atoms with Crippen molar-refractivity contribution in [3.8, 4) is 5.75 Å². The number of halogens is 2. The average Bonchev–Trinajstić information content (AvgIpc) is 2.80. The first-order valence-electron chi connectivity index (χ1n) is 4.68. The van der Waals surface area contributed by atoms with Gasteiger partial charge in [0.2, 0.25) is 5.13 Å². The Kier molecular flexibility index (Phi) is 4.29. The predicted molar refractivity (Wildman–Crippen MR) is 68.3 cm³/mol. The van der Waals surface area contributed by atoms with Gasteiger partial charge in [0.25, 0.3) is 5.91 Å². The lowest BCUT2D eigenvalue weighted by Crippen LogP contribution is -2.20. The van der Waals surface area contributed by atoms with Gasteiger partial charge in [0.15, 0.2) is 6.61 Å². The summed E-state index contributed by atoms with van der Waals surface area (Å²) in [6.45, 7) is -0.194. The van der Waals surface area contributed by atoms with Crippen LogP contribution in [0.2, 0.25) is 10.0 Å². The summed E-state index contributed by atoms with van der Waals surface area (Å²) in [7, 11) is 0. The van der Waals surface area contributed by atoms with Gasteiger partial charge in [-0.2, -0.15) is 0 Å². The number of nitrogens with zero attached hydrogens (tertiary/aromatic N) is 3. The van der Waals surface area contributed by atoms with E-state index in [0.29, 0.717) is 20.9 Å². The molecule has 1 heterocycles. The van der Waals surface area contributed by atoms with Crippen LogP contribution in [0.3, 0.4) is 0 Å². The fourth-order valence-corrected chi connectivity index (χ4v) is 1.92. The van der Waals surface area contributed by atoms with E-state index in [-0.39, 0.29) is 12.5 Å². The molecule has 0 aliphatic heterocycles. The summed E-state index contributed by atoms with van der Waals surface area (Å²) in [4.78, 5) is 11.5. The van der Waals surface area contributed by atoms with Crippen LogP contribution < -0.4 is 10.1 Å². The van der Waals surface area contributed by atoms with Crippen LogP contribution in [0, 0.1) is 0 Å². The molecule has 0 spiro atoms. The number of carbonyl (C=O) groups excluding carboxylic acids is 1. The van der Waals surface area contributed by atoms with Gasteiger partial charge < -0.3 is 4.74 Å². The standard InChI is InChI=1S/C9H6Cl2N4O2S/c10-5-1-2-7(6(11)3-5)17-4-8(16)12-9-13-14-15-18-9/h1-3H,4H2,(H,12,13,15,16). The Balaban J connectivity index is 1.89. The number of nitrogens with one attached hydrogen (secondary N) is 1. The zero-order chi connectivity index (χ0) is 13.0. The van der Waals surface area contributed by atoms with Crippen molar-refractivity contribution >= 4 is 45.8 Å². The summed E-state index contributed by atoms with van der Waals surface area (Å²) in [6.07, 6.45) is 0. The molecule has 2 rings (SSSR count). The summed E-state index contributed by atoms with van der Waals surface area (Å²) in [6, 6.07) is 4.74. The van der Waals surface area contributed by atoms with E-state index in [0.717, 1.165) is 11.5 Å². The zero-order valence-electron chi connectivity index (χ0n) is 8.76. The molecule has 0 atom stereocenters. The van der Waals surface area contributed by atoms with E-state index in [4.69, 9.17) is 27.9 Å². The number of aromatic nitrogens is 3. The second-order valence-electron chi connectivity index (χ2n) is 3.08. The Hall–Kier alpha value is -1.44. The van der Waals surface area contributed by atoms with E-state index in [1.54, 1.807) is 12.1 Å². The Morgan fingerprint density at radius 2 is 2.28 bits per heavy atom. The minimum absolute atomic E-state index is 0.194. The van der Waals surface area contributed by atoms with Crippen molar-refractivity contribution in [3.05, 3.63) is 28.2 Å². The summed E-state index contributed by atoms with van der Waals surface area (Å²) in [5, 5.41) is 10.5. The highest BCUT2D eigenvalue weighted by Gasteiger charge is 2.08. The minimum atomic E-state index is -0.375. The molecule has 1 amide bonds. The lowest BCUT2D eigenvalue weighted by Gasteiger charge is -2.07. The first-order chi connectivity index (χ1) is 8.65. The van der Waals surface area contributed by atoms with Crippen LogP contribution >= 0.6 is 34.7 Å². The van der Waals surface area contributed by atoms with Gasteiger partial charge in [-0.3, -0.25) is 10.1 Å². The molecule has 0 aliphatic rings. The normalized spacial score (nSPS) is 10.1.